The number of hydrogen-bond acceptors (Lipinski definition) is 2. The summed E-state index contributed by atoms with van der Waals surface area (Å²) in [6.45, 7) is 1.03. The lowest BCUT2D eigenvalue weighted by Crippen LogP contribution is -2.49. The summed E-state index contributed by atoms with van der Waals surface area (Å²) in [6.07, 6.45) is 2.53. The number of likely N-dealkylation sites (tertiary alicyclic amines) is 1. The van der Waals surface area contributed by atoms with Gasteiger partial charge in [-0.05, 0) is 50.3 Å². The average molecular weight is 340 g/mol. The van der Waals surface area contributed by atoms with Crippen LogP contribution in [0.1, 0.15) is 44.1 Å². The van der Waals surface area contributed by atoms with Crippen molar-refractivity contribution in [1.29, 1.82) is 0 Å². The van der Waals surface area contributed by atoms with Crippen molar-refractivity contribution in [1.82, 2.24) is 4.90 Å². The number of halogens is 3. The van der Waals surface area contributed by atoms with Crippen molar-refractivity contribution in [3.8, 4) is 0 Å². The number of anilines is 1. The Labute approximate surface area is 140 Å². The van der Waals surface area contributed by atoms with Gasteiger partial charge in [0.1, 0.15) is 0 Å². The molecule has 1 saturated carbocycles. The number of hydrogen-bond donors (Lipinski definition) is 1. The average Bonchev–Trinajstić information content (AvgIpc) is 2.54. The zero-order valence-corrected chi connectivity index (χ0v) is 13.6. The smallest absolute Gasteiger partial charge is 0.324 e. The van der Waals surface area contributed by atoms with Crippen molar-refractivity contribution < 1.29 is 18.0 Å². The van der Waals surface area contributed by atoms with E-state index in [9.17, 15) is 18.0 Å². The fraction of sp³-hybridized carbons (Fsp3) is 0.611. The molecule has 3 rings (SSSR count). The topological polar surface area (TPSA) is 32.3 Å². The van der Waals surface area contributed by atoms with Gasteiger partial charge in [0.2, 0.25) is 5.91 Å². The molecular formula is C18H23F3N2O. The molecule has 2 aliphatic rings. The van der Waals surface area contributed by atoms with Crippen LogP contribution in [0.4, 0.5) is 18.9 Å². The lowest BCUT2D eigenvalue weighted by molar-refractivity contribution is -0.137. The number of alkyl halides is 3. The van der Waals surface area contributed by atoms with E-state index >= 15 is 0 Å². The first-order chi connectivity index (χ1) is 11.4. The normalized spacial score (nSPS) is 25.1. The van der Waals surface area contributed by atoms with Gasteiger partial charge in [0.05, 0.1) is 17.8 Å². The van der Waals surface area contributed by atoms with Crippen molar-refractivity contribution in [2.75, 3.05) is 18.4 Å². The number of carbonyl (C=O) groups excluding carboxylic acids is 1. The molecule has 2 atom stereocenters. The molecule has 1 saturated heterocycles. The maximum absolute atomic E-state index is 13.0. The number of nitrogens with one attached hydrogen (secondary N) is 1. The lowest BCUT2D eigenvalue weighted by atomic mass is 9.78. The van der Waals surface area contributed by atoms with E-state index in [4.69, 9.17) is 0 Å². The minimum Gasteiger partial charge on any atom is -0.324 e. The third-order valence-electron chi connectivity index (χ3n) is 5.21. The molecule has 1 heterocycles. The van der Waals surface area contributed by atoms with Gasteiger partial charge < -0.3 is 5.32 Å². The van der Waals surface area contributed by atoms with Crippen LogP contribution in [0.5, 0.6) is 0 Å². The van der Waals surface area contributed by atoms with Crippen molar-refractivity contribution in [2.24, 2.45) is 5.92 Å². The summed E-state index contributed by atoms with van der Waals surface area (Å²) in [6, 6.07) is 5.54. The molecule has 1 aliphatic heterocycles. The highest BCUT2D eigenvalue weighted by atomic mass is 19.4. The Morgan fingerprint density at radius 1 is 1.12 bits per heavy atom. The van der Waals surface area contributed by atoms with E-state index < -0.39 is 11.7 Å². The van der Waals surface area contributed by atoms with E-state index in [-0.39, 0.29) is 18.1 Å². The van der Waals surface area contributed by atoms with E-state index in [1.165, 1.54) is 43.9 Å². The molecule has 0 spiro atoms. The molecule has 1 aromatic carbocycles. The van der Waals surface area contributed by atoms with Gasteiger partial charge in [-0.25, -0.2) is 0 Å². The second-order valence-electron chi connectivity index (χ2n) is 6.82. The SMILES string of the molecule is O=C(CN1CCC[C@@H]2CCCC[C@@H]21)Nc1ccccc1C(F)(F)F. The number of para-hydroxylation sites is 1. The minimum atomic E-state index is -4.47. The lowest BCUT2D eigenvalue weighted by Gasteiger charge is -2.43. The Hall–Kier alpha value is -1.56. The molecule has 2 fully saturated rings. The van der Waals surface area contributed by atoms with E-state index in [1.807, 2.05) is 0 Å². The first-order valence-corrected chi connectivity index (χ1v) is 8.65. The molecule has 3 nitrogen and oxygen atoms in total. The molecule has 1 aromatic rings. The Morgan fingerprint density at radius 2 is 1.83 bits per heavy atom. The van der Waals surface area contributed by atoms with Gasteiger partial charge in [0, 0.05) is 6.04 Å². The molecule has 1 amide bonds. The summed E-state index contributed by atoms with van der Waals surface area (Å²) in [5, 5.41) is 2.46. The zero-order chi connectivity index (χ0) is 17.2. The first-order valence-electron chi connectivity index (χ1n) is 8.65. The van der Waals surface area contributed by atoms with Gasteiger partial charge in [-0.2, -0.15) is 13.2 Å². The monoisotopic (exact) mass is 340 g/mol. The molecular weight excluding hydrogens is 317 g/mol. The molecule has 0 radical (unpaired) electrons. The summed E-state index contributed by atoms with van der Waals surface area (Å²) >= 11 is 0. The predicted octanol–water partition coefficient (Wildman–Crippen LogP) is 4.30. The maximum atomic E-state index is 13.0. The largest absolute Gasteiger partial charge is 0.418 e. The number of piperidine rings is 1. The summed E-state index contributed by atoms with van der Waals surface area (Å²) < 4.78 is 39.1. The van der Waals surface area contributed by atoms with Crippen LogP contribution < -0.4 is 5.32 Å². The number of rotatable bonds is 3. The number of benzene rings is 1. The maximum Gasteiger partial charge on any atom is 0.418 e. The molecule has 6 heteroatoms. The number of fused-ring (bicyclic) bond motifs is 1. The molecule has 0 aromatic heterocycles. The van der Waals surface area contributed by atoms with Crippen LogP contribution in [0.15, 0.2) is 24.3 Å². The summed E-state index contributed by atoms with van der Waals surface area (Å²) in [7, 11) is 0. The van der Waals surface area contributed by atoms with Crippen molar-refractivity contribution in [2.45, 2.75) is 50.7 Å². The van der Waals surface area contributed by atoms with Gasteiger partial charge >= 0.3 is 6.18 Å². The van der Waals surface area contributed by atoms with Crippen molar-refractivity contribution in [3.05, 3.63) is 29.8 Å². The van der Waals surface area contributed by atoms with E-state index in [0.29, 0.717) is 12.0 Å². The molecule has 24 heavy (non-hydrogen) atoms. The number of carbonyl (C=O) groups is 1. The Balaban J connectivity index is 1.66. The second-order valence-corrected chi connectivity index (χ2v) is 6.82. The molecule has 1 N–H and O–H groups in total. The number of amides is 1. The summed E-state index contributed by atoms with van der Waals surface area (Å²) in [5.74, 6) is 0.278. The summed E-state index contributed by atoms with van der Waals surface area (Å²) in [5.41, 5.74) is -0.959. The number of nitrogens with zero attached hydrogens (tertiary/aromatic N) is 1. The van der Waals surface area contributed by atoms with Gasteiger partial charge in [-0.3, -0.25) is 9.69 Å². The minimum absolute atomic E-state index is 0.160. The van der Waals surface area contributed by atoms with Crippen LogP contribution in [0.2, 0.25) is 0 Å². The standard InChI is InChI=1S/C18H23F3N2O/c19-18(20,21)14-8-2-3-9-15(14)22-17(24)12-23-11-5-7-13-6-1-4-10-16(13)23/h2-3,8-9,13,16H,1,4-7,10-12H2,(H,22,24)/t13-,16-/m0/s1. The molecule has 0 bridgehead atoms. The highest BCUT2D eigenvalue weighted by Crippen LogP contribution is 2.36. The van der Waals surface area contributed by atoms with Gasteiger partial charge in [0.15, 0.2) is 0 Å². The third-order valence-corrected chi connectivity index (χ3v) is 5.21. The quantitative estimate of drug-likeness (QED) is 0.890. The van der Waals surface area contributed by atoms with E-state index in [2.05, 4.69) is 10.2 Å². The molecule has 0 unspecified atom stereocenters. The van der Waals surface area contributed by atoms with E-state index in [0.717, 1.165) is 25.5 Å². The second kappa shape index (κ2) is 7.13. The molecule has 1 aliphatic carbocycles. The zero-order valence-electron chi connectivity index (χ0n) is 13.6. The fourth-order valence-electron chi connectivity index (χ4n) is 4.14. The van der Waals surface area contributed by atoms with Gasteiger partial charge in [-0.1, -0.05) is 25.0 Å². The van der Waals surface area contributed by atoms with Crippen LogP contribution in [-0.4, -0.2) is 29.9 Å². The Morgan fingerprint density at radius 3 is 2.62 bits per heavy atom. The van der Waals surface area contributed by atoms with E-state index in [1.54, 1.807) is 0 Å². The van der Waals surface area contributed by atoms with Crippen molar-refractivity contribution >= 4 is 11.6 Å². The highest BCUT2D eigenvalue weighted by molar-refractivity contribution is 5.93. The van der Waals surface area contributed by atoms with Crippen LogP contribution in [0, 0.1) is 5.92 Å². The highest BCUT2D eigenvalue weighted by Gasteiger charge is 2.35. The molecule has 132 valence electrons. The van der Waals surface area contributed by atoms with Crippen LogP contribution >= 0.6 is 0 Å². The van der Waals surface area contributed by atoms with Gasteiger partial charge in [-0.15, -0.1) is 0 Å². The van der Waals surface area contributed by atoms with Crippen LogP contribution in [-0.2, 0) is 11.0 Å². The Bertz CT molecular complexity index is 586. The van der Waals surface area contributed by atoms with Gasteiger partial charge in [0.25, 0.3) is 0 Å². The predicted molar refractivity (Wildman–Crippen MR) is 86.6 cm³/mol. The first kappa shape index (κ1) is 17.3. The summed E-state index contributed by atoms with van der Waals surface area (Å²) in [4.78, 5) is 14.5. The Kier molecular flexibility index (Phi) is 5.13. The van der Waals surface area contributed by atoms with Crippen LogP contribution in [0.3, 0.4) is 0 Å². The van der Waals surface area contributed by atoms with Crippen molar-refractivity contribution in [3.63, 3.8) is 0 Å². The van der Waals surface area contributed by atoms with Crippen LogP contribution in [0.25, 0.3) is 0 Å². The third kappa shape index (κ3) is 3.91. The fourth-order valence-corrected chi connectivity index (χ4v) is 4.14.